The van der Waals surface area contributed by atoms with Gasteiger partial charge < -0.3 is 91.8 Å². The summed E-state index contributed by atoms with van der Waals surface area (Å²) in [5.41, 5.74) is 21.7. The number of fused-ring (bicyclic) bond motifs is 3. The zero-order valence-corrected chi connectivity index (χ0v) is 69.0. The second-order valence-electron chi connectivity index (χ2n) is 26.2. The fourth-order valence-corrected chi connectivity index (χ4v) is 13.8. The fourth-order valence-electron chi connectivity index (χ4n) is 10.4. The molecule has 3 atom stereocenters. The quantitative estimate of drug-likeness (QED) is 0.00526. The Morgan fingerprint density at radius 1 is 0.402 bits per heavy atom. The van der Waals surface area contributed by atoms with Gasteiger partial charge in [-0.2, -0.15) is 15.0 Å². The molecule has 648 valence electrons. The molecule has 0 aliphatic heterocycles. The summed E-state index contributed by atoms with van der Waals surface area (Å²) in [5, 5.41) is 0. The molecule has 0 radical (unpaired) electrons. The Hall–Kier alpha value is -12.5. The molecule has 3 unspecified atom stereocenters. The molecule has 0 amide bonds. The van der Waals surface area contributed by atoms with E-state index in [1.165, 1.54) is 64.1 Å². The van der Waals surface area contributed by atoms with Crippen molar-refractivity contribution in [3.63, 3.8) is 0 Å². The molecule has 0 aliphatic carbocycles. The van der Waals surface area contributed by atoms with Gasteiger partial charge in [-0.25, -0.2) is 42.5 Å². The van der Waals surface area contributed by atoms with Crippen LogP contribution in [0.5, 0.6) is 23.0 Å². The largest absolute Gasteiger partial charge is 0.515 e. The number of imidazole rings is 3. The highest BCUT2D eigenvalue weighted by Crippen LogP contribution is 2.51. The third kappa shape index (κ3) is 27.3. The van der Waals surface area contributed by atoms with E-state index in [1.54, 1.807) is 118 Å². The van der Waals surface area contributed by atoms with Gasteiger partial charge in [-0.3, -0.25) is 56.6 Å². The fraction of sp³-hybridized carbons (Fsp3) is 0.289. The van der Waals surface area contributed by atoms with Crippen molar-refractivity contribution < 1.29 is 116 Å². The molecule has 12 rings (SSSR count). The lowest BCUT2D eigenvalue weighted by atomic mass is 10.1. The number of nitrogen functional groups attached to an aromatic ring is 3. The highest BCUT2D eigenvalue weighted by molar-refractivity contribution is 7.54. The summed E-state index contributed by atoms with van der Waals surface area (Å²) in [6.45, 7) is 7.79. The average Bonchev–Trinajstić information content (AvgIpc) is 1.68. The molecular formula is C76H83F3N15O25P3. The second kappa shape index (κ2) is 43.1. The first-order valence-corrected chi connectivity index (χ1v) is 41.5. The van der Waals surface area contributed by atoms with Gasteiger partial charge in [0, 0.05) is 25.7 Å². The molecule has 9 N–H and O–H groups in total. The van der Waals surface area contributed by atoms with Gasteiger partial charge in [0.05, 0.1) is 65.7 Å². The lowest BCUT2D eigenvalue weighted by Crippen LogP contribution is -2.15. The van der Waals surface area contributed by atoms with Crippen molar-refractivity contribution in [2.24, 2.45) is 0 Å². The van der Waals surface area contributed by atoms with E-state index in [0.29, 0.717) is 39.1 Å². The third-order valence-corrected chi connectivity index (χ3v) is 21.5. The molecule has 122 heavy (non-hydrogen) atoms. The molecule has 0 spiro atoms. The van der Waals surface area contributed by atoms with E-state index < -0.39 is 115 Å². The standard InChI is InChI=1S/C26H29FN5O9P.2C25H27FN5O8P/c1-16-4-6-18(10-20(16)27)12-39-42(35,40-14-38-26(34)41-19-7-5-17(2)21(11-19)36-3)15-37-9-8-32-13-29-22-23(32)30-25(28)31-24(22)33;2*1-16-3-7-19(8-4-16)39-25(33)36-14-38-40(34,37-12-18-6-5-17(2)20(26)11-18)15-35-10-9-31-13-28-21-22(31)29-24(27)30-23(21)32/h4-7,10-11,13H,8-9,12,14-15H2,1-3H3,(H3,28,30,31,33);2*3-8,11,13H,9-10,12,14-15H2,1-2H3,(H3,27,29,30,32). The number of H-pyrrole nitrogens is 3. The maximum Gasteiger partial charge on any atom is 0.515 e. The van der Waals surface area contributed by atoms with Gasteiger partial charge in [-0.1, -0.05) is 77.9 Å². The number of nitrogens with two attached hydrogens (primary N) is 3. The number of hydrogen-bond acceptors (Lipinski definition) is 34. The second-order valence-corrected chi connectivity index (χ2v) is 32.2. The Balaban J connectivity index is 0.000000192. The van der Waals surface area contributed by atoms with Crippen molar-refractivity contribution in [1.29, 1.82) is 0 Å². The van der Waals surface area contributed by atoms with Crippen LogP contribution in [0.25, 0.3) is 33.5 Å². The Kier molecular flexibility index (Phi) is 32.5. The first-order valence-electron chi connectivity index (χ1n) is 36.4. The Bertz CT molecular complexity index is 5760. The number of aromatic amines is 3. The van der Waals surface area contributed by atoms with Gasteiger partial charge in [0.25, 0.3) is 16.7 Å². The third-order valence-electron chi connectivity index (χ3n) is 17.0. The van der Waals surface area contributed by atoms with E-state index in [0.717, 1.165) is 16.7 Å². The van der Waals surface area contributed by atoms with E-state index in [2.05, 4.69) is 44.9 Å². The number of carbonyl (C=O) groups is 3. The van der Waals surface area contributed by atoms with E-state index in [1.807, 2.05) is 20.8 Å². The number of nitrogens with zero attached hydrogens (tertiary/aromatic N) is 9. The lowest BCUT2D eigenvalue weighted by molar-refractivity contribution is 0.0141. The highest BCUT2D eigenvalue weighted by atomic mass is 31.2. The van der Waals surface area contributed by atoms with Gasteiger partial charge in [0.2, 0.25) is 38.2 Å². The van der Waals surface area contributed by atoms with Crippen LogP contribution in [0.4, 0.5) is 45.4 Å². The minimum Gasteiger partial charge on any atom is -0.496 e. The van der Waals surface area contributed by atoms with Crippen LogP contribution in [0, 0.1) is 59.0 Å². The predicted molar refractivity (Wildman–Crippen MR) is 430 cm³/mol. The summed E-state index contributed by atoms with van der Waals surface area (Å²) < 4.78 is 171. The maximum atomic E-state index is 14.0. The molecule has 0 aliphatic rings. The Morgan fingerprint density at radius 2 is 0.697 bits per heavy atom. The van der Waals surface area contributed by atoms with E-state index >= 15 is 0 Å². The number of ether oxygens (including phenoxy) is 10. The summed E-state index contributed by atoms with van der Waals surface area (Å²) in [4.78, 5) is 103. The van der Waals surface area contributed by atoms with Crippen molar-refractivity contribution in [1.82, 2.24) is 58.6 Å². The number of methoxy groups -OCH3 is 1. The minimum absolute atomic E-state index is 0.00790. The summed E-state index contributed by atoms with van der Waals surface area (Å²) in [5.74, 6) is -0.385. The van der Waals surface area contributed by atoms with Crippen LogP contribution in [0.1, 0.15) is 50.1 Å². The van der Waals surface area contributed by atoms with E-state index in [4.69, 9.17) is 91.7 Å². The molecule has 0 saturated heterocycles. The molecule has 6 heterocycles. The highest BCUT2D eigenvalue weighted by Gasteiger charge is 2.31. The number of aromatic nitrogens is 12. The van der Waals surface area contributed by atoms with Crippen molar-refractivity contribution >= 4 is 92.6 Å². The smallest absolute Gasteiger partial charge is 0.496 e. The van der Waals surface area contributed by atoms with Crippen molar-refractivity contribution in [3.8, 4) is 23.0 Å². The zero-order chi connectivity index (χ0) is 87.7. The van der Waals surface area contributed by atoms with Crippen molar-refractivity contribution in [3.05, 3.63) is 239 Å². The summed E-state index contributed by atoms with van der Waals surface area (Å²) in [6, 6.07) is 31.4. The van der Waals surface area contributed by atoms with Gasteiger partial charge in [-0.05, 0) is 129 Å². The molecule has 6 aromatic heterocycles. The average molecular weight is 1760 g/mol. The first-order chi connectivity index (χ1) is 58.3. The van der Waals surface area contributed by atoms with Crippen LogP contribution in [0.3, 0.4) is 0 Å². The molecule has 6 aromatic carbocycles. The molecular weight excluding hydrogens is 1670 g/mol. The number of nitrogens with one attached hydrogen (secondary N) is 3. The van der Waals surface area contributed by atoms with Crippen LogP contribution >= 0.6 is 22.8 Å². The maximum absolute atomic E-state index is 14.0. The number of rotatable bonds is 37. The zero-order valence-electron chi connectivity index (χ0n) is 66.3. The number of halogens is 3. The minimum atomic E-state index is -4.05. The summed E-state index contributed by atoms with van der Waals surface area (Å²) in [7, 11) is -10.6. The molecule has 46 heteroatoms. The van der Waals surface area contributed by atoms with Crippen molar-refractivity contribution in [2.45, 2.75) is 81.0 Å². The molecule has 40 nitrogen and oxygen atoms in total. The number of aryl methyl sites for hydroxylation is 6. The van der Waals surface area contributed by atoms with Crippen LogP contribution in [0.2, 0.25) is 0 Å². The topological polar surface area (TPSA) is 519 Å². The van der Waals surface area contributed by atoms with Crippen LogP contribution < -0.4 is 52.8 Å². The SMILES string of the molecule is COc1cc(OC(=O)OCOP(=O)(COCCn2cnc3c(=O)[nH]c(N)nc32)OCc2ccc(C)c(F)c2)ccc1C.Cc1ccc(OC(=O)OCOP(=O)(COCCn2cnc3c(=O)[nH]c(N)nc32)OCc2ccc(C)c(F)c2)cc1.Cc1ccc(OC(=O)OCOP(=O)(COCCn2cnc3c(=O)[nH]c(N)nc32)OCc2ccc(C)c(F)c2)cc1. The Morgan fingerprint density at radius 3 is 1.00 bits per heavy atom. The number of hydrogen-bond donors (Lipinski definition) is 6. The van der Waals surface area contributed by atoms with Crippen LogP contribution in [-0.4, -0.2) is 143 Å². The Labute approximate surface area is 690 Å². The van der Waals surface area contributed by atoms with Crippen LogP contribution in [-0.2, 0) is 109 Å². The molecule has 0 bridgehead atoms. The molecule has 12 aromatic rings. The van der Waals surface area contributed by atoms with Gasteiger partial charge in [0.1, 0.15) is 59.5 Å². The van der Waals surface area contributed by atoms with Gasteiger partial charge in [-0.15, -0.1) is 0 Å². The normalized spacial score (nSPS) is 12.7. The van der Waals surface area contributed by atoms with Crippen molar-refractivity contribution in [2.75, 3.05) is 83.6 Å². The lowest BCUT2D eigenvalue weighted by Gasteiger charge is -2.19. The summed E-state index contributed by atoms with van der Waals surface area (Å²) >= 11 is 0. The van der Waals surface area contributed by atoms with E-state index in [-0.39, 0.29) is 128 Å². The molecule has 0 saturated carbocycles. The number of benzene rings is 6. The number of carbonyl (C=O) groups excluding carboxylic acids is 3. The number of anilines is 3. The van der Waals surface area contributed by atoms with Gasteiger partial charge in [0.15, 0.2) is 33.5 Å². The first kappa shape index (κ1) is 91.8. The van der Waals surface area contributed by atoms with Crippen LogP contribution in [0.15, 0.2) is 155 Å². The van der Waals surface area contributed by atoms with E-state index in [9.17, 15) is 55.6 Å². The monoisotopic (exact) mass is 1760 g/mol. The predicted octanol–water partition coefficient (Wildman–Crippen LogP) is 12.1. The summed E-state index contributed by atoms with van der Waals surface area (Å²) in [6.07, 6.45) is -0.710. The molecule has 0 fully saturated rings. The van der Waals surface area contributed by atoms with Gasteiger partial charge >= 0.3 is 41.3 Å².